The molecule has 0 atom stereocenters. The first kappa shape index (κ1) is 20.0. The molecule has 154 valence electrons. The van der Waals surface area contributed by atoms with E-state index >= 15 is 0 Å². The fraction of sp³-hybridized carbons (Fsp3) is 0.227. The van der Waals surface area contributed by atoms with Gasteiger partial charge in [-0.15, -0.1) is 0 Å². The standard InChI is InChI=1S/C22H21ClN4O3/c23-17-8-4-15(5-9-17)13-27-20(10-11-24-27)26-21(28)14-30-19-3-1-2-18(12-19)25-22(29)16-6-7-16/h1-5,8-12,16H,6-7,13-14H2,(H,25,29)(H,26,28). The molecule has 0 bridgehead atoms. The van der Waals surface area contributed by atoms with E-state index in [1.807, 2.05) is 24.3 Å². The van der Waals surface area contributed by atoms with Gasteiger partial charge in [-0.05, 0) is 42.7 Å². The number of amides is 2. The minimum absolute atomic E-state index is 0.0267. The Hall–Kier alpha value is -3.32. The lowest BCUT2D eigenvalue weighted by Gasteiger charge is -2.11. The molecule has 4 rings (SSSR count). The SMILES string of the molecule is O=C(COc1cccc(NC(=O)C2CC2)c1)Nc1ccnn1Cc1ccc(Cl)cc1. The summed E-state index contributed by atoms with van der Waals surface area (Å²) in [4.78, 5) is 24.2. The number of nitrogens with one attached hydrogen (secondary N) is 2. The number of carbonyl (C=O) groups is 2. The normalized spacial score (nSPS) is 13.0. The molecule has 1 aliphatic carbocycles. The van der Waals surface area contributed by atoms with Crippen LogP contribution in [-0.4, -0.2) is 28.2 Å². The molecule has 1 aromatic heterocycles. The van der Waals surface area contributed by atoms with E-state index in [0.717, 1.165) is 18.4 Å². The smallest absolute Gasteiger partial charge is 0.263 e. The molecule has 0 unspecified atom stereocenters. The summed E-state index contributed by atoms with van der Waals surface area (Å²) >= 11 is 5.92. The van der Waals surface area contributed by atoms with Crippen molar-refractivity contribution in [2.24, 2.45) is 5.92 Å². The second kappa shape index (κ2) is 9.00. The summed E-state index contributed by atoms with van der Waals surface area (Å²) in [5.74, 6) is 0.926. The zero-order chi connectivity index (χ0) is 20.9. The van der Waals surface area contributed by atoms with Crippen LogP contribution in [0.15, 0.2) is 60.8 Å². The van der Waals surface area contributed by atoms with Gasteiger partial charge in [0.1, 0.15) is 11.6 Å². The lowest BCUT2D eigenvalue weighted by atomic mass is 10.2. The Morgan fingerprint density at radius 2 is 1.90 bits per heavy atom. The third kappa shape index (κ3) is 5.39. The Balaban J connectivity index is 1.30. The van der Waals surface area contributed by atoms with E-state index in [9.17, 15) is 9.59 Å². The van der Waals surface area contributed by atoms with Crippen LogP contribution in [0.4, 0.5) is 11.5 Å². The molecule has 8 heteroatoms. The summed E-state index contributed by atoms with van der Waals surface area (Å²) in [6.45, 7) is 0.343. The maximum absolute atomic E-state index is 12.3. The summed E-state index contributed by atoms with van der Waals surface area (Å²) < 4.78 is 7.27. The summed E-state index contributed by atoms with van der Waals surface area (Å²) in [5.41, 5.74) is 1.67. The largest absolute Gasteiger partial charge is 0.484 e. The average molecular weight is 425 g/mol. The number of hydrogen-bond donors (Lipinski definition) is 2. The van der Waals surface area contributed by atoms with E-state index in [1.54, 1.807) is 41.2 Å². The van der Waals surface area contributed by atoms with Gasteiger partial charge in [0, 0.05) is 28.8 Å². The molecule has 1 saturated carbocycles. The van der Waals surface area contributed by atoms with Crippen molar-refractivity contribution in [3.63, 3.8) is 0 Å². The maximum Gasteiger partial charge on any atom is 0.263 e. The molecule has 0 aliphatic heterocycles. The van der Waals surface area contributed by atoms with E-state index in [0.29, 0.717) is 28.8 Å². The number of carbonyl (C=O) groups excluding carboxylic acids is 2. The van der Waals surface area contributed by atoms with Gasteiger partial charge >= 0.3 is 0 Å². The third-order valence-electron chi connectivity index (χ3n) is 4.65. The van der Waals surface area contributed by atoms with Crippen LogP contribution >= 0.6 is 11.6 Å². The zero-order valence-electron chi connectivity index (χ0n) is 16.2. The van der Waals surface area contributed by atoms with E-state index in [-0.39, 0.29) is 24.3 Å². The van der Waals surface area contributed by atoms with Crippen molar-refractivity contribution in [3.05, 3.63) is 71.4 Å². The van der Waals surface area contributed by atoms with Crippen molar-refractivity contribution in [1.82, 2.24) is 9.78 Å². The highest BCUT2D eigenvalue weighted by Gasteiger charge is 2.29. The number of anilines is 2. The Morgan fingerprint density at radius 3 is 2.67 bits per heavy atom. The van der Waals surface area contributed by atoms with Gasteiger partial charge in [-0.1, -0.05) is 29.8 Å². The van der Waals surface area contributed by atoms with Gasteiger partial charge in [0.05, 0.1) is 12.7 Å². The van der Waals surface area contributed by atoms with Gasteiger partial charge in [-0.2, -0.15) is 5.10 Å². The van der Waals surface area contributed by atoms with Crippen LogP contribution in [0.3, 0.4) is 0 Å². The van der Waals surface area contributed by atoms with Crippen molar-refractivity contribution < 1.29 is 14.3 Å². The van der Waals surface area contributed by atoms with E-state index in [4.69, 9.17) is 16.3 Å². The van der Waals surface area contributed by atoms with Crippen molar-refractivity contribution >= 4 is 34.9 Å². The van der Waals surface area contributed by atoms with Crippen molar-refractivity contribution in [1.29, 1.82) is 0 Å². The number of halogens is 1. The summed E-state index contributed by atoms with van der Waals surface area (Å²) in [6.07, 6.45) is 3.51. The van der Waals surface area contributed by atoms with Crippen molar-refractivity contribution in [2.75, 3.05) is 17.2 Å². The first-order valence-corrected chi connectivity index (χ1v) is 10.0. The summed E-state index contributed by atoms with van der Waals surface area (Å²) in [7, 11) is 0. The maximum atomic E-state index is 12.3. The minimum atomic E-state index is -0.305. The lowest BCUT2D eigenvalue weighted by molar-refractivity contribution is -0.118. The number of ether oxygens (including phenoxy) is 1. The lowest BCUT2D eigenvalue weighted by Crippen LogP contribution is -2.22. The van der Waals surface area contributed by atoms with Crippen LogP contribution in [-0.2, 0) is 16.1 Å². The zero-order valence-corrected chi connectivity index (χ0v) is 16.9. The predicted molar refractivity (Wildman–Crippen MR) is 115 cm³/mol. The number of benzene rings is 2. The number of rotatable bonds is 8. The molecule has 3 aromatic rings. The molecule has 0 spiro atoms. The van der Waals surface area contributed by atoms with Crippen molar-refractivity contribution in [3.8, 4) is 5.75 Å². The Kier molecular flexibility index (Phi) is 5.99. The van der Waals surface area contributed by atoms with Crippen LogP contribution in [0, 0.1) is 5.92 Å². The molecular weight excluding hydrogens is 404 g/mol. The Labute approximate surface area is 179 Å². The summed E-state index contributed by atoms with van der Waals surface area (Å²) in [5, 5.41) is 10.6. The summed E-state index contributed by atoms with van der Waals surface area (Å²) in [6, 6.07) is 16.2. The van der Waals surface area contributed by atoms with Gasteiger partial charge in [0.2, 0.25) is 5.91 Å². The van der Waals surface area contributed by atoms with Gasteiger partial charge < -0.3 is 15.4 Å². The third-order valence-corrected chi connectivity index (χ3v) is 4.90. The van der Waals surface area contributed by atoms with Crippen LogP contribution in [0.2, 0.25) is 5.02 Å². The highest BCUT2D eigenvalue weighted by Crippen LogP contribution is 2.30. The van der Waals surface area contributed by atoms with E-state index < -0.39 is 0 Å². The quantitative estimate of drug-likeness (QED) is 0.573. The van der Waals surface area contributed by atoms with Gasteiger partial charge in [0.15, 0.2) is 6.61 Å². The molecular formula is C22H21ClN4O3. The van der Waals surface area contributed by atoms with Gasteiger partial charge in [-0.3, -0.25) is 9.59 Å². The second-order valence-electron chi connectivity index (χ2n) is 7.13. The number of nitrogens with zero attached hydrogens (tertiary/aromatic N) is 2. The molecule has 1 aliphatic rings. The second-order valence-corrected chi connectivity index (χ2v) is 7.57. The highest BCUT2D eigenvalue weighted by atomic mass is 35.5. The Bertz CT molecular complexity index is 1040. The Morgan fingerprint density at radius 1 is 1.10 bits per heavy atom. The van der Waals surface area contributed by atoms with Crippen LogP contribution in [0.25, 0.3) is 0 Å². The molecule has 2 N–H and O–H groups in total. The van der Waals surface area contributed by atoms with Crippen molar-refractivity contribution in [2.45, 2.75) is 19.4 Å². The first-order chi connectivity index (χ1) is 14.6. The minimum Gasteiger partial charge on any atom is -0.484 e. The van der Waals surface area contributed by atoms with E-state index in [2.05, 4.69) is 15.7 Å². The van der Waals surface area contributed by atoms with Crippen LogP contribution < -0.4 is 15.4 Å². The average Bonchev–Trinajstić information content (AvgIpc) is 3.51. The molecule has 7 nitrogen and oxygen atoms in total. The number of aromatic nitrogens is 2. The molecule has 2 amide bonds. The van der Waals surface area contributed by atoms with Crippen LogP contribution in [0.5, 0.6) is 5.75 Å². The first-order valence-electron chi connectivity index (χ1n) is 9.67. The van der Waals surface area contributed by atoms with Gasteiger partial charge in [0.25, 0.3) is 5.91 Å². The fourth-order valence-electron chi connectivity index (χ4n) is 2.91. The molecule has 0 radical (unpaired) electrons. The van der Waals surface area contributed by atoms with Gasteiger partial charge in [-0.25, -0.2) is 4.68 Å². The van der Waals surface area contributed by atoms with E-state index in [1.165, 1.54) is 0 Å². The molecule has 1 heterocycles. The number of hydrogen-bond acceptors (Lipinski definition) is 4. The fourth-order valence-corrected chi connectivity index (χ4v) is 3.03. The molecule has 30 heavy (non-hydrogen) atoms. The monoisotopic (exact) mass is 424 g/mol. The molecule has 1 fully saturated rings. The predicted octanol–water partition coefficient (Wildman–Crippen LogP) is 3.95. The molecule has 0 saturated heterocycles. The molecule has 2 aromatic carbocycles. The topological polar surface area (TPSA) is 85.2 Å². The highest BCUT2D eigenvalue weighted by molar-refractivity contribution is 6.30. The van der Waals surface area contributed by atoms with Crippen LogP contribution in [0.1, 0.15) is 18.4 Å².